The van der Waals surface area contributed by atoms with Gasteiger partial charge in [0.15, 0.2) is 17.2 Å². The molecule has 0 fully saturated rings. The molecule has 0 unspecified atom stereocenters. The van der Waals surface area contributed by atoms with E-state index in [0.29, 0.717) is 5.39 Å². The van der Waals surface area contributed by atoms with Crippen LogP contribution in [-0.2, 0) is 4.18 Å². The van der Waals surface area contributed by atoms with E-state index in [2.05, 4.69) is 17.1 Å². The maximum Gasteiger partial charge on any atom is 0.220 e. The van der Waals surface area contributed by atoms with Gasteiger partial charge in [0.05, 0.1) is 12.0 Å². The summed E-state index contributed by atoms with van der Waals surface area (Å²) in [6, 6.07) is 5.40. The van der Waals surface area contributed by atoms with Gasteiger partial charge < -0.3 is 29.3 Å². The molecule has 2 aromatic rings. The third kappa shape index (κ3) is 3.94. The smallest absolute Gasteiger partial charge is 0.220 e. The van der Waals surface area contributed by atoms with Gasteiger partial charge in [-0.3, -0.25) is 4.79 Å². The van der Waals surface area contributed by atoms with Crippen LogP contribution in [0.5, 0.6) is 23.0 Å². The Morgan fingerprint density at radius 2 is 1.77 bits per heavy atom. The number of hydrogen-bond acceptors (Lipinski definition) is 8. The number of rotatable bonds is 3. The zero-order chi connectivity index (χ0) is 16.7. The Hall–Kier alpha value is -2.16. The number of aliphatic hydroxyl groups is 1. The maximum absolute atomic E-state index is 11.4. The van der Waals surface area contributed by atoms with E-state index in [4.69, 9.17) is 9.84 Å². The van der Waals surface area contributed by atoms with Crippen molar-refractivity contribution < 1.29 is 29.3 Å². The van der Waals surface area contributed by atoms with E-state index in [-0.39, 0.29) is 24.3 Å². The Bertz CT molecular complexity index is 703. The van der Waals surface area contributed by atoms with Gasteiger partial charge in [-0.15, -0.1) is 0 Å². The van der Waals surface area contributed by atoms with Crippen molar-refractivity contribution in [1.29, 1.82) is 0 Å². The summed E-state index contributed by atoms with van der Waals surface area (Å²) in [5.41, 5.74) is -0.672. The molecule has 0 aliphatic rings. The zero-order valence-corrected chi connectivity index (χ0v) is 12.6. The summed E-state index contributed by atoms with van der Waals surface area (Å²) >= 11 is 3.29. The molecular formula is C14H16O7S. The van der Waals surface area contributed by atoms with Gasteiger partial charge in [-0.25, -0.2) is 0 Å². The second-order valence-electron chi connectivity index (χ2n) is 4.03. The molecule has 120 valence electrons. The molecular weight excluding hydrogens is 312 g/mol. The van der Waals surface area contributed by atoms with E-state index in [0.717, 1.165) is 6.07 Å². The van der Waals surface area contributed by atoms with Gasteiger partial charge in [-0.2, -0.15) is 0 Å². The first kappa shape index (κ1) is 17.9. The van der Waals surface area contributed by atoms with Gasteiger partial charge in [-0.1, -0.05) is 12.1 Å². The molecule has 22 heavy (non-hydrogen) atoms. The van der Waals surface area contributed by atoms with Crippen LogP contribution in [-0.4, -0.2) is 40.7 Å². The lowest BCUT2D eigenvalue weighted by atomic mass is 10.1. The van der Waals surface area contributed by atoms with E-state index >= 15 is 0 Å². The predicted molar refractivity (Wildman–Crippen MR) is 83.8 cm³/mol. The maximum atomic E-state index is 11.4. The van der Waals surface area contributed by atoms with E-state index in [1.54, 1.807) is 0 Å². The average molecular weight is 328 g/mol. The average Bonchev–Trinajstić information content (AvgIpc) is 2.62. The molecule has 2 rings (SSSR count). The highest BCUT2D eigenvalue weighted by molar-refractivity contribution is 7.75. The van der Waals surface area contributed by atoms with Crippen molar-refractivity contribution in [3.05, 3.63) is 34.5 Å². The summed E-state index contributed by atoms with van der Waals surface area (Å²) in [7, 11) is 1.49. The van der Waals surface area contributed by atoms with Crippen molar-refractivity contribution in [3.63, 3.8) is 0 Å². The van der Waals surface area contributed by atoms with Gasteiger partial charge in [0.2, 0.25) is 11.2 Å². The Balaban J connectivity index is 0.000000745. The summed E-state index contributed by atoms with van der Waals surface area (Å²) in [5.74, 6) is -1.93. The lowest BCUT2D eigenvalue weighted by Crippen LogP contribution is -2.01. The fourth-order valence-corrected chi connectivity index (χ4v) is 1.74. The van der Waals surface area contributed by atoms with Crippen molar-refractivity contribution >= 4 is 23.7 Å². The van der Waals surface area contributed by atoms with Crippen LogP contribution in [0, 0.1) is 0 Å². The number of hydrogen-bond donors (Lipinski definition) is 5. The molecule has 4 N–H and O–H groups in total. The SMILES string of the molecule is COS.O=c1cccc2cc(OCCO)c(O)c(O)c2c1O. The molecule has 0 saturated heterocycles. The van der Waals surface area contributed by atoms with E-state index in [9.17, 15) is 20.1 Å². The molecule has 0 spiro atoms. The van der Waals surface area contributed by atoms with Gasteiger partial charge in [0, 0.05) is 7.11 Å². The second-order valence-corrected chi connectivity index (χ2v) is 4.39. The molecule has 0 bridgehead atoms. The highest BCUT2D eigenvalue weighted by Gasteiger charge is 2.16. The third-order valence-electron chi connectivity index (χ3n) is 2.61. The summed E-state index contributed by atoms with van der Waals surface area (Å²) < 4.78 is 9.00. The van der Waals surface area contributed by atoms with Gasteiger partial charge in [0.25, 0.3) is 0 Å². The molecule has 0 aliphatic heterocycles. The van der Waals surface area contributed by atoms with Crippen molar-refractivity contribution in [3.8, 4) is 23.0 Å². The van der Waals surface area contributed by atoms with Crippen LogP contribution < -0.4 is 10.2 Å². The van der Waals surface area contributed by atoms with Crippen molar-refractivity contribution in [2.75, 3.05) is 20.3 Å². The van der Waals surface area contributed by atoms with E-state index in [1.807, 2.05) is 0 Å². The van der Waals surface area contributed by atoms with Crippen LogP contribution in [0.4, 0.5) is 0 Å². The van der Waals surface area contributed by atoms with Crippen molar-refractivity contribution in [2.24, 2.45) is 0 Å². The first-order valence-corrected chi connectivity index (χ1v) is 6.46. The fourth-order valence-electron chi connectivity index (χ4n) is 1.74. The Morgan fingerprint density at radius 1 is 1.14 bits per heavy atom. The number of fused-ring (bicyclic) bond motifs is 1. The molecule has 0 aliphatic carbocycles. The van der Waals surface area contributed by atoms with Gasteiger partial charge in [0.1, 0.15) is 6.61 Å². The molecule has 0 heterocycles. The lowest BCUT2D eigenvalue weighted by molar-refractivity contribution is 0.196. The summed E-state index contributed by atoms with van der Waals surface area (Å²) in [6.07, 6.45) is 0. The standard InChI is InChI=1S/C13H12O6.CH4OS/c14-4-5-19-9-6-7-2-1-3-8(15)11(16)10(7)13(18)12(9)17;1-2-3/h1-3,6,14,17-18H,4-5H2,(H,15,16);3H,1H3. The molecule has 8 heteroatoms. The Morgan fingerprint density at radius 3 is 2.36 bits per heavy atom. The Labute approximate surface area is 131 Å². The minimum absolute atomic E-state index is 0.0444. The van der Waals surface area contributed by atoms with Crippen LogP contribution in [0.2, 0.25) is 0 Å². The fraction of sp³-hybridized carbons (Fsp3) is 0.214. The minimum atomic E-state index is -0.672. The lowest BCUT2D eigenvalue weighted by Gasteiger charge is -2.10. The first-order chi connectivity index (χ1) is 10.5. The van der Waals surface area contributed by atoms with Crippen molar-refractivity contribution in [1.82, 2.24) is 0 Å². The molecule has 7 nitrogen and oxygen atoms in total. The van der Waals surface area contributed by atoms with Gasteiger partial charge >= 0.3 is 0 Å². The summed E-state index contributed by atoms with van der Waals surface area (Å²) in [6.45, 7) is -0.312. The largest absolute Gasteiger partial charge is 0.504 e. The zero-order valence-electron chi connectivity index (χ0n) is 11.7. The summed E-state index contributed by atoms with van der Waals surface area (Å²) in [4.78, 5) is 11.4. The number of aromatic hydroxyl groups is 3. The normalized spacial score (nSPS) is 9.95. The molecule has 0 amide bonds. The number of thiol groups is 1. The highest BCUT2D eigenvalue weighted by Crippen LogP contribution is 2.43. The van der Waals surface area contributed by atoms with E-state index in [1.165, 1.54) is 25.3 Å². The number of aliphatic hydroxyl groups excluding tert-OH is 1. The predicted octanol–water partition coefficient (Wildman–Crippen LogP) is 1.17. The number of benzene rings is 1. The second kappa shape index (κ2) is 8.32. The third-order valence-corrected chi connectivity index (χ3v) is 2.61. The van der Waals surface area contributed by atoms with Crippen LogP contribution in [0.15, 0.2) is 29.1 Å². The highest BCUT2D eigenvalue weighted by atomic mass is 32.1. The monoisotopic (exact) mass is 328 g/mol. The topological polar surface area (TPSA) is 116 Å². The molecule has 2 aromatic carbocycles. The minimum Gasteiger partial charge on any atom is -0.504 e. The summed E-state index contributed by atoms with van der Waals surface area (Å²) in [5, 5.41) is 38.2. The quantitative estimate of drug-likeness (QED) is 0.326. The number of phenolic OH excluding ortho intramolecular Hbond substituents is 2. The Kier molecular flexibility index (Phi) is 6.77. The van der Waals surface area contributed by atoms with Crippen LogP contribution in [0.1, 0.15) is 0 Å². The number of ether oxygens (including phenoxy) is 1. The number of phenols is 2. The molecule has 0 radical (unpaired) electrons. The van der Waals surface area contributed by atoms with E-state index < -0.39 is 22.7 Å². The molecule has 0 saturated carbocycles. The van der Waals surface area contributed by atoms with Crippen LogP contribution in [0.3, 0.4) is 0 Å². The first-order valence-electron chi connectivity index (χ1n) is 6.10. The molecule has 0 atom stereocenters. The van der Waals surface area contributed by atoms with Crippen LogP contribution >= 0.6 is 12.9 Å². The molecule has 0 aromatic heterocycles. The van der Waals surface area contributed by atoms with Crippen molar-refractivity contribution in [2.45, 2.75) is 0 Å². The van der Waals surface area contributed by atoms with Crippen LogP contribution in [0.25, 0.3) is 10.8 Å². The van der Waals surface area contributed by atoms with Gasteiger partial charge in [-0.05, 0) is 30.4 Å².